The normalized spacial score (nSPS) is 12.0. The number of benzene rings is 2. The first-order valence-corrected chi connectivity index (χ1v) is 11.7. The zero-order valence-electron chi connectivity index (χ0n) is 19.9. The van der Waals surface area contributed by atoms with E-state index in [1.165, 1.54) is 4.90 Å². The summed E-state index contributed by atoms with van der Waals surface area (Å²) in [5, 5.41) is 3.40. The molecule has 0 unspecified atom stereocenters. The Kier molecular flexibility index (Phi) is 7.51. The number of halogens is 1. The van der Waals surface area contributed by atoms with Gasteiger partial charge >= 0.3 is 6.03 Å². The second-order valence-electron chi connectivity index (χ2n) is 8.63. The molecule has 35 heavy (non-hydrogen) atoms. The maximum atomic E-state index is 13.5. The summed E-state index contributed by atoms with van der Waals surface area (Å²) in [7, 11) is 0. The molecule has 1 N–H and O–H groups in total. The Morgan fingerprint density at radius 1 is 1.06 bits per heavy atom. The second kappa shape index (κ2) is 10.7. The molecular formula is C26H28ClN3O5. The number of carbonyl (C=O) groups excluding carboxylic acids is 2. The molecule has 1 aromatic heterocycles. The average molecular weight is 498 g/mol. The Labute approximate surface area is 209 Å². The minimum atomic E-state index is -0.380. The molecule has 0 saturated heterocycles. The van der Waals surface area contributed by atoms with Gasteiger partial charge in [-0.25, -0.2) is 4.79 Å². The third kappa shape index (κ3) is 6.08. The minimum absolute atomic E-state index is 0.103. The third-order valence-electron chi connectivity index (χ3n) is 5.70. The standard InChI is InChI=1S/C26H28ClN3O5/c1-17(2)30(26(32)28-20-8-6-18(3)22(27)12-20)15-25(31)29(14-21-5-4-10-33-21)13-19-7-9-23-24(11-19)35-16-34-23/h4-12,17H,13-16H2,1-3H3,(H,28,32). The van der Waals surface area contributed by atoms with Gasteiger partial charge in [0.25, 0.3) is 0 Å². The maximum Gasteiger partial charge on any atom is 0.322 e. The number of aryl methyl sites for hydroxylation is 1. The number of rotatable bonds is 8. The van der Waals surface area contributed by atoms with Crippen molar-refractivity contribution in [3.05, 3.63) is 76.7 Å². The van der Waals surface area contributed by atoms with E-state index in [0.717, 1.165) is 11.1 Å². The number of ether oxygens (including phenoxy) is 2. The Morgan fingerprint density at radius 3 is 2.57 bits per heavy atom. The van der Waals surface area contributed by atoms with Crippen molar-refractivity contribution in [1.29, 1.82) is 0 Å². The SMILES string of the molecule is Cc1ccc(NC(=O)N(CC(=O)N(Cc2ccc3c(c2)OCO3)Cc2ccco2)C(C)C)cc1Cl. The number of carbonyl (C=O) groups is 2. The molecule has 0 aliphatic carbocycles. The molecule has 2 aromatic carbocycles. The van der Waals surface area contributed by atoms with Gasteiger partial charge in [-0.2, -0.15) is 0 Å². The molecule has 0 bridgehead atoms. The van der Waals surface area contributed by atoms with Gasteiger partial charge in [-0.15, -0.1) is 0 Å². The summed E-state index contributed by atoms with van der Waals surface area (Å²) < 4.78 is 16.3. The zero-order chi connectivity index (χ0) is 24.9. The van der Waals surface area contributed by atoms with E-state index >= 15 is 0 Å². The Hall–Kier alpha value is -3.65. The number of hydrogen-bond donors (Lipinski definition) is 1. The van der Waals surface area contributed by atoms with Crippen LogP contribution in [-0.4, -0.2) is 41.1 Å². The van der Waals surface area contributed by atoms with Crippen LogP contribution >= 0.6 is 11.6 Å². The number of fused-ring (bicyclic) bond motifs is 1. The second-order valence-corrected chi connectivity index (χ2v) is 9.04. The van der Waals surface area contributed by atoms with Crippen LogP contribution in [0.25, 0.3) is 0 Å². The van der Waals surface area contributed by atoms with E-state index in [2.05, 4.69) is 5.32 Å². The highest BCUT2D eigenvalue weighted by Crippen LogP contribution is 2.33. The van der Waals surface area contributed by atoms with Crippen LogP contribution in [0.2, 0.25) is 5.02 Å². The van der Waals surface area contributed by atoms with Crippen molar-refractivity contribution in [2.24, 2.45) is 0 Å². The summed E-state index contributed by atoms with van der Waals surface area (Å²) in [4.78, 5) is 29.7. The van der Waals surface area contributed by atoms with E-state index in [1.54, 1.807) is 29.4 Å². The summed E-state index contributed by atoms with van der Waals surface area (Å²) >= 11 is 6.19. The summed E-state index contributed by atoms with van der Waals surface area (Å²) in [5.74, 6) is 1.75. The van der Waals surface area contributed by atoms with Crippen LogP contribution < -0.4 is 14.8 Å². The fourth-order valence-corrected chi connectivity index (χ4v) is 3.86. The van der Waals surface area contributed by atoms with Crippen LogP contribution in [0.5, 0.6) is 11.5 Å². The summed E-state index contributed by atoms with van der Waals surface area (Å²) in [5.41, 5.74) is 2.36. The lowest BCUT2D eigenvalue weighted by molar-refractivity contribution is -0.133. The molecule has 1 aliphatic rings. The van der Waals surface area contributed by atoms with Crippen molar-refractivity contribution < 1.29 is 23.5 Å². The van der Waals surface area contributed by atoms with Crippen molar-refractivity contribution in [1.82, 2.24) is 9.80 Å². The van der Waals surface area contributed by atoms with E-state index in [4.69, 9.17) is 25.5 Å². The molecular weight excluding hydrogens is 470 g/mol. The first-order chi connectivity index (χ1) is 16.8. The Bertz CT molecular complexity index is 1200. The molecule has 9 heteroatoms. The molecule has 0 atom stereocenters. The molecule has 4 rings (SSSR count). The van der Waals surface area contributed by atoms with Gasteiger partial charge in [0.05, 0.1) is 12.8 Å². The fourth-order valence-electron chi connectivity index (χ4n) is 3.68. The van der Waals surface area contributed by atoms with Gasteiger partial charge in [-0.1, -0.05) is 23.7 Å². The van der Waals surface area contributed by atoms with Crippen LogP contribution in [0.4, 0.5) is 10.5 Å². The van der Waals surface area contributed by atoms with Gasteiger partial charge in [0.1, 0.15) is 12.3 Å². The molecule has 0 saturated carbocycles. The van der Waals surface area contributed by atoms with Crippen LogP contribution in [0.1, 0.15) is 30.7 Å². The molecule has 8 nitrogen and oxygen atoms in total. The molecule has 3 amide bonds. The van der Waals surface area contributed by atoms with Crippen molar-refractivity contribution in [2.45, 2.75) is 39.9 Å². The smallest absolute Gasteiger partial charge is 0.322 e. The lowest BCUT2D eigenvalue weighted by Crippen LogP contribution is -2.47. The summed E-state index contributed by atoms with van der Waals surface area (Å²) in [6.07, 6.45) is 1.57. The number of nitrogens with one attached hydrogen (secondary N) is 1. The van der Waals surface area contributed by atoms with Gasteiger partial charge in [0.15, 0.2) is 11.5 Å². The number of furan rings is 1. The number of nitrogens with zero attached hydrogens (tertiary/aromatic N) is 2. The third-order valence-corrected chi connectivity index (χ3v) is 6.11. The largest absolute Gasteiger partial charge is 0.467 e. The average Bonchev–Trinajstić information content (AvgIpc) is 3.50. The molecule has 3 aromatic rings. The molecule has 1 aliphatic heterocycles. The van der Waals surface area contributed by atoms with Crippen LogP contribution in [-0.2, 0) is 17.9 Å². The predicted octanol–water partition coefficient (Wildman–Crippen LogP) is 5.44. The number of hydrogen-bond acceptors (Lipinski definition) is 5. The highest BCUT2D eigenvalue weighted by Gasteiger charge is 2.25. The highest BCUT2D eigenvalue weighted by atomic mass is 35.5. The van der Waals surface area contributed by atoms with Crippen LogP contribution in [0.3, 0.4) is 0 Å². The summed E-state index contributed by atoms with van der Waals surface area (Å²) in [6.45, 7) is 6.28. The van der Waals surface area contributed by atoms with Gasteiger partial charge in [-0.05, 0) is 68.3 Å². The molecule has 2 heterocycles. The topological polar surface area (TPSA) is 84.3 Å². The lowest BCUT2D eigenvalue weighted by atomic mass is 10.1. The van der Waals surface area contributed by atoms with Gasteiger partial charge in [0, 0.05) is 23.3 Å². The van der Waals surface area contributed by atoms with Crippen molar-refractivity contribution in [3.8, 4) is 11.5 Å². The van der Waals surface area contributed by atoms with Crippen molar-refractivity contribution in [2.75, 3.05) is 18.7 Å². The van der Waals surface area contributed by atoms with E-state index in [0.29, 0.717) is 34.5 Å². The highest BCUT2D eigenvalue weighted by molar-refractivity contribution is 6.31. The van der Waals surface area contributed by atoms with E-state index < -0.39 is 0 Å². The van der Waals surface area contributed by atoms with E-state index in [-0.39, 0.29) is 37.9 Å². The monoisotopic (exact) mass is 497 g/mol. The molecule has 0 fully saturated rings. The minimum Gasteiger partial charge on any atom is -0.467 e. The van der Waals surface area contributed by atoms with Gasteiger partial charge < -0.3 is 29.0 Å². The Balaban J connectivity index is 1.50. The zero-order valence-corrected chi connectivity index (χ0v) is 20.7. The molecule has 0 radical (unpaired) electrons. The first-order valence-electron chi connectivity index (χ1n) is 11.3. The lowest BCUT2D eigenvalue weighted by Gasteiger charge is -2.30. The summed E-state index contributed by atoms with van der Waals surface area (Å²) in [6, 6.07) is 13.9. The number of amides is 3. The quantitative estimate of drug-likeness (QED) is 0.448. The van der Waals surface area contributed by atoms with Gasteiger partial charge in [0.2, 0.25) is 12.7 Å². The van der Waals surface area contributed by atoms with Crippen molar-refractivity contribution in [3.63, 3.8) is 0 Å². The number of urea groups is 1. The molecule has 0 spiro atoms. The first kappa shape index (κ1) is 24.5. The number of anilines is 1. The Morgan fingerprint density at radius 2 is 1.86 bits per heavy atom. The van der Waals surface area contributed by atoms with Crippen LogP contribution in [0.15, 0.2) is 59.2 Å². The van der Waals surface area contributed by atoms with E-state index in [9.17, 15) is 9.59 Å². The molecule has 184 valence electrons. The fraction of sp³-hybridized carbons (Fsp3) is 0.308. The van der Waals surface area contributed by atoms with Gasteiger partial charge in [-0.3, -0.25) is 4.79 Å². The van der Waals surface area contributed by atoms with E-state index in [1.807, 2.05) is 51.1 Å². The van der Waals surface area contributed by atoms with Crippen molar-refractivity contribution >= 4 is 29.2 Å². The predicted molar refractivity (Wildman–Crippen MR) is 133 cm³/mol. The van der Waals surface area contributed by atoms with Crippen LogP contribution in [0, 0.1) is 6.92 Å². The maximum absolute atomic E-state index is 13.5.